The molecule has 0 unspecified atom stereocenters. The Morgan fingerprint density at radius 1 is 1.40 bits per heavy atom. The maximum Gasteiger partial charge on any atom is 0.0944 e. The number of rotatable bonds is 1. The molecule has 1 heterocycles. The van der Waals surface area contributed by atoms with E-state index < -0.39 is 5.60 Å². The lowest BCUT2D eigenvalue weighted by molar-refractivity contribution is -0.0625. The van der Waals surface area contributed by atoms with Gasteiger partial charge in [0.05, 0.1) is 5.60 Å². The minimum Gasteiger partial charge on any atom is -0.459 e. The maximum atomic E-state index is 10.7. The van der Waals surface area contributed by atoms with Gasteiger partial charge in [-0.25, -0.2) is 0 Å². The largest absolute Gasteiger partial charge is 0.459 e. The Balaban J connectivity index is 2.27. The predicted octanol–water partition coefficient (Wildman–Crippen LogP) is 2.01. The number of aliphatic hydroxyl groups is 1. The Morgan fingerprint density at radius 3 is 2.67 bits per heavy atom. The van der Waals surface area contributed by atoms with Crippen LogP contribution in [0.15, 0.2) is 30.3 Å². The van der Waals surface area contributed by atoms with Crippen molar-refractivity contribution in [2.45, 2.75) is 18.9 Å². The lowest BCUT2D eigenvalue weighted by atomic mass is 9.77. The van der Waals surface area contributed by atoms with E-state index in [2.05, 4.69) is 14.0 Å². The van der Waals surface area contributed by atoms with Crippen LogP contribution in [0.1, 0.15) is 18.9 Å². The molecule has 0 amide bonds. The third kappa shape index (κ3) is 1.92. The third-order valence-corrected chi connectivity index (χ3v) is 3.43. The lowest BCUT2D eigenvalue weighted by Gasteiger charge is -2.45. The summed E-state index contributed by atoms with van der Waals surface area (Å²) in [7, 11) is 3.93. The van der Waals surface area contributed by atoms with Gasteiger partial charge in [0.15, 0.2) is 0 Å². The second-order valence-corrected chi connectivity index (χ2v) is 4.52. The smallest absolute Gasteiger partial charge is 0.0944 e. The quantitative estimate of drug-likeness (QED) is 0.707. The molecule has 0 aromatic heterocycles. The summed E-state index contributed by atoms with van der Waals surface area (Å²) >= 11 is 0. The van der Waals surface area contributed by atoms with Crippen LogP contribution in [0.4, 0.5) is 0 Å². The minimum absolute atomic E-state index is 0.228. The zero-order valence-corrected chi connectivity index (χ0v) is 9.19. The molecule has 1 saturated heterocycles. The standard InChI is InChI=1S/C13H18NO/c1-11-10-14(2)9-8-13(11,15)12-6-4-3-5-7-12/h3-7,11,15H,2,8-10H2,1H3/q-1/t11-,13+/m1/s1. The van der Waals surface area contributed by atoms with Crippen LogP contribution >= 0.6 is 0 Å². The number of benzene rings is 1. The second kappa shape index (κ2) is 3.95. The summed E-state index contributed by atoms with van der Waals surface area (Å²) in [5.74, 6) is 0.228. The van der Waals surface area contributed by atoms with E-state index in [-0.39, 0.29) is 5.92 Å². The number of piperidine rings is 1. The highest BCUT2D eigenvalue weighted by atomic mass is 16.3. The molecule has 1 aromatic carbocycles. The van der Waals surface area contributed by atoms with Crippen molar-refractivity contribution in [1.29, 1.82) is 0 Å². The zero-order valence-electron chi connectivity index (χ0n) is 9.19. The highest BCUT2D eigenvalue weighted by Gasteiger charge is 2.37. The summed E-state index contributed by atoms with van der Waals surface area (Å²) in [5.41, 5.74) is 0.362. The molecule has 2 heteroatoms. The van der Waals surface area contributed by atoms with Gasteiger partial charge in [-0.1, -0.05) is 37.3 Å². The van der Waals surface area contributed by atoms with Crippen LogP contribution in [0, 0.1) is 13.0 Å². The fourth-order valence-electron chi connectivity index (χ4n) is 2.36. The summed E-state index contributed by atoms with van der Waals surface area (Å²) in [6, 6.07) is 9.96. The van der Waals surface area contributed by atoms with Crippen LogP contribution in [0.5, 0.6) is 0 Å². The fourth-order valence-corrected chi connectivity index (χ4v) is 2.36. The van der Waals surface area contributed by atoms with Crippen LogP contribution in [-0.2, 0) is 5.60 Å². The van der Waals surface area contributed by atoms with Gasteiger partial charge in [-0.15, -0.1) is 0 Å². The first-order valence-corrected chi connectivity index (χ1v) is 5.46. The fraction of sp³-hybridized carbons (Fsp3) is 0.462. The van der Waals surface area contributed by atoms with Crippen LogP contribution in [0.25, 0.3) is 0 Å². The van der Waals surface area contributed by atoms with Gasteiger partial charge < -0.3 is 10.0 Å². The summed E-state index contributed by atoms with van der Waals surface area (Å²) in [6.45, 7) is 3.80. The van der Waals surface area contributed by atoms with Gasteiger partial charge >= 0.3 is 0 Å². The molecule has 15 heavy (non-hydrogen) atoms. The first-order valence-electron chi connectivity index (χ1n) is 5.46. The first kappa shape index (κ1) is 10.7. The Labute approximate surface area is 91.5 Å². The molecule has 2 atom stereocenters. The average Bonchev–Trinajstić information content (AvgIpc) is 2.25. The van der Waals surface area contributed by atoms with Gasteiger partial charge in [-0.2, -0.15) is 0 Å². The van der Waals surface area contributed by atoms with E-state index >= 15 is 0 Å². The molecular formula is C13H18NO-. The molecule has 1 fully saturated rings. The van der Waals surface area contributed by atoms with Crippen molar-refractivity contribution in [2.24, 2.45) is 5.92 Å². The average molecular weight is 204 g/mol. The highest BCUT2D eigenvalue weighted by molar-refractivity contribution is 5.24. The Hall–Kier alpha value is -0.860. The van der Waals surface area contributed by atoms with Crippen molar-refractivity contribution in [2.75, 3.05) is 13.1 Å². The number of hydrogen-bond donors (Lipinski definition) is 1. The van der Waals surface area contributed by atoms with Crippen LogP contribution in [0.3, 0.4) is 0 Å². The SMILES string of the molecule is [CH2-]N1CC[C@@](O)(c2ccccc2)[C@H](C)C1. The Bertz CT molecular complexity index is 325. The minimum atomic E-state index is -0.671. The molecule has 0 saturated carbocycles. The van der Waals surface area contributed by atoms with E-state index in [0.29, 0.717) is 0 Å². The summed E-state index contributed by atoms with van der Waals surface area (Å²) in [5, 5.41) is 10.7. The van der Waals surface area contributed by atoms with E-state index in [4.69, 9.17) is 0 Å². The summed E-state index contributed by atoms with van der Waals surface area (Å²) in [6.07, 6.45) is 0.766. The Kier molecular flexibility index (Phi) is 2.81. The zero-order chi connectivity index (χ0) is 10.9. The molecule has 1 aliphatic rings. The molecule has 1 aromatic rings. The topological polar surface area (TPSA) is 23.5 Å². The molecule has 0 radical (unpaired) electrons. The molecule has 0 aliphatic carbocycles. The molecular weight excluding hydrogens is 186 g/mol. The third-order valence-electron chi connectivity index (χ3n) is 3.43. The Morgan fingerprint density at radius 2 is 2.07 bits per heavy atom. The van der Waals surface area contributed by atoms with E-state index in [0.717, 1.165) is 25.1 Å². The van der Waals surface area contributed by atoms with Crippen LogP contribution in [-0.4, -0.2) is 23.1 Å². The number of nitrogens with zero attached hydrogens (tertiary/aromatic N) is 1. The van der Waals surface area contributed by atoms with E-state index in [9.17, 15) is 5.11 Å². The molecule has 1 N–H and O–H groups in total. The molecule has 2 rings (SSSR count). The van der Waals surface area contributed by atoms with Crippen LogP contribution in [0.2, 0.25) is 0 Å². The molecule has 0 spiro atoms. The second-order valence-electron chi connectivity index (χ2n) is 4.52. The van der Waals surface area contributed by atoms with E-state index in [1.807, 2.05) is 35.2 Å². The van der Waals surface area contributed by atoms with Crippen molar-refractivity contribution < 1.29 is 5.11 Å². The summed E-state index contributed by atoms with van der Waals surface area (Å²) in [4.78, 5) is 2.03. The molecule has 1 aliphatic heterocycles. The summed E-state index contributed by atoms with van der Waals surface area (Å²) < 4.78 is 0. The van der Waals surface area contributed by atoms with Gasteiger partial charge in [0.25, 0.3) is 0 Å². The molecule has 82 valence electrons. The normalized spacial score (nSPS) is 32.9. The number of hydrogen-bond acceptors (Lipinski definition) is 2. The van der Waals surface area contributed by atoms with Gasteiger partial charge in [0.2, 0.25) is 0 Å². The van der Waals surface area contributed by atoms with E-state index in [1.165, 1.54) is 0 Å². The maximum absolute atomic E-state index is 10.7. The monoisotopic (exact) mass is 204 g/mol. The van der Waals surface area contributed by atoms with Crippen LogP contribution < -0.4 is 0 Å². The van der Waals surface area contributed by atoms with Crippen molar-refractivity contribution in [3.8, 4) is 0 Å². The van der Waals surface area contributed by atoms with Crippen molar-refractivity contribution in [3.63, 3.8) is 0 Å². The molecule has 2 nitrogen and oxygen atoms in total. The first-order chi connectivity index (χ1) is 7.13. The van der Waals surface area contributed by atoms with Gasteiger partial charge in [0, 0.05) is 0 Å². The van der Waals surface area contributed by atoms with Crippen molar-refractivity contribution >= 4 is 0 Å². The van der Waals surface area contributed by atoms with Gasteiger partial charge in [-0.05, 0) is 31.0 Å². The van der Waals surface area contributed by atoms with Gasteiger partial charge in [-0.3, -0.25) is 7.05 Å². The highest BCUT2D eigenvalue weighted by Crippen LogP contribution is 2.36. The predicted molar refractivity (Wildman–Crippen MR) is 61.0 cm³/mol. The lowest BCUT2D eigenvalue weighted by Crippen LogP contribution is -2.46. The van der Waals surface area contributed by atoms with Gasteiger partial charge in [0.1, 0.15) is 0 Å². The molecule has 0 bridgehead atoms. The number of likely N-dealkylation sites (tertiary alicyclic amines) is 1. The van der Waals surface area contributed by atoms with E-state index in [1.54, 1.807) is 0 Å². The van der Waals surface area contributed by atoms with Crippen molar-refractivity contribution in [3.05, 3.63) is 42.9 Å². The van der Waals surface area contributed by atoms with Crippen molar-refractivity contribution in [1.82, 2.24) is 4.90 Å².